The Balaban J connectivity index is 1.53. The monoisotopic (exact) mass is 466 g/mol. The SMILES string of the molecule is C=C1CC(=O)/C(=C\c2ccc(N(C)Cc3cc(C(=O)c4ccccc4)c(O)cc3C)cc2)C(=O)N1. The Morgan fingerprint density at radius 1 is 1.09 bits per heavy atom. The first-order valence-corrected chi connectivity index (χ1v) is 11.2. The zero-order valence-corrected chi connectivity index (χ0v) is 19.7. The highest BCUT2D eigenvalue weighted by Crippen LogP contribution is 2.27. The number of carbonyl (C=O) groups is 3. The minimum atomic E-state index is -0.434. The van der Waals surface area contributed by atoms with Gasteiger partial charge >= 0.3 is 0 Å². The van der Waals surface area contributed by atoms with Gasteiger partial charge in [0, 0.05) is 30.5 Å². The predicted octanol–water partition coefficient (Wildman–Crippen LogP) is 4.55. The Morgan fingerprint density at radius 2 is 1.77 bits per heavy atom. The largest absolute Gasteiger partial charge is 0.507 e. The van der Waals surface area contributed by atoms with Gasteiger partial charge in [0.1, 0.15) is 5.75 Å². The molecule has 0 spiro atoms. The third-order valence-corrected chi connectivity index (χ3v) is 6.00. The number of aryl methyl sites for hydroxylation is 1. The average molecular weight is 467 g/mol. The molecule has 35 heavy (non-hydrogen) atoms. The van der Waals surface area contributed by atoms with E-state index in [0.29, 0.717) is 17.8 Å². The number of hydrogen-bond acceptors (Lipinski definition) is 5. The van der Waals surface area contributed by atoms with Crippen LogP contribution in [0.5, 0.6) is 5.75 Å². The van der Waals surface area contributed by atoms with E-state index in [0.717, 1.165) is 22.4 Å². The van der Waals surface area contributed by atoms with Gasteiger partial charge in [0.25, 0.3) is 5.91 Å². The summed E-state index contributed by atoms with van der Waals surface area (Å²) in [5, 5.41) is 13.0. The highest BCUT2D eigenvalue weighted by Gasteiger charge is 2.25. The first kappa shape index (κ1) is 23.7. The molecule has 2 N–H and O–H groups in total. The number of phenolic OH excluding ortho intramolecular Hbond substituents is 1. The van der Waals surface area contributed by atoms with Crippen molar-refractivity contribution in [1.29, 1.82) is 0 Å². The number of rotatable bonds is 6. The lowest BCUT2D eigenvalue weighted by atomic mass is 9.97. The third kappa shape index (κ3) is 5.22. The molecule has 4 rings (SSSR count). The summed E-state index contributed by atoms with van der Waals surface area (Å²) in [5.41, 5.74) is 4.77. The van der Waals surface area contributed by atoms with Crippen LogP contribution in [0.3, 0.4) is 0 Å². The van der Waals surface area contributed by atoms with Crippen LogP contribution in [0.15, 0.2) is 84.6 Å². The molecule has 6 heteroatoms. The second kappa shape index (κ2) is 9.81. The van der Waals surface area contributed by atoms with Crippen molar-refractivity contribution < 1.29 is 19.5 Å². The highest BCUT2D eigenvalue weighted by molar-refractivity contribution is 6.25. The van der Waals surface area contributed by atoms with Gasteiger partial charge in [-0.05, 0) is 54.0 Å². The maximum atomic E-state index is 12.9. The van der Waals surface area contributed by atoms with E-state index in [2.05, 4.69) is 11.9 Å². The van der Waals surface area contributed by atoms with Crippen LogP contribution in [0.4, 0.5) is 5.69 Å². The lowest BCUT2D eigenvalue weighted by Gasteiger charge is -2.22. The molecular weight excluding hydrogens is 440 g/mol. The zero-order valence-electron chi connectivity index (χ0n) is 19.7. The van der Waals surface area contributed by atoms with Crippen molar-refractivity contribution in [2.24, 2.45) is 0 Å². The fourth-order valence-corrected chi connectivity index (χ4v) is 4.01. The van der Waals surface area contributed by atoms with Crippen LogP contribution in [-0.2, 0) is 16.1 Å². The third-order valence-electron chi connectivity index (χ3n) is 6.00. The predicted molar refractivity (Wildman–Crippen MR) is 136 cm³/mol. The Hall–Kier alpha value is -4.45. The van der Waals surface area contributed by atoms with Crippen LogP contribution in [0, 0.1) is 6.92 Å². The van der Waals surface area contributed by atoms with Gasteiger partial charge in [0.05, 0.1) is 17.6 Å². The van der Waals surface area contributed by atoms with E-state index in [1.54, 1.807) is 42.5 Å². The smallest absolute Gasteiger partial charge is 0.259 e. The van der Waals surface area contributed by atoms with E-state index in [9.17, 15) is 19.5 Å². The first-order valence-electron chi connectivity index (χ1n) is 11.2. The van der Waals surface area contributed by atoms with Crippen LogP contribution in [0.25, 0.3) is 6.08 Å². The van der Waals surface area contributed by atoms with Crippen molar-refractivity contribution in [3.63, 3.8) is 0 Å². The lowest BCUT2D eigenvalue weighted by Crippen LogP contribution is -2.34. The van der Waals surface area contributed by atoms with Crippen LogP contribution in [0.1, 0.15) is 39.0 Å². The number of nitrogens with zero attached hydrogens (tertiary/aromatic N) is 1. The Morgan fingerprint density at radius 3 is 2.43 bits per heavy atom. The molecule has 0 bridgehead atoms. The zero-order chi connectivity index (χ0) is 25.1. The van der Waals surface area contributed by atoms with E-state index in [-0.39, 0.29) is 34.9 Å². The maximum Gasteiger partial charge on any atom is 0.259 e. The van der Waals surface area contributed by atoms with Crippen molar-refractivity contribution in [3.05, 3.63) is 112 Å². The molecule has 0 atom stereocenters. The van der Waals surface area contributed by atoms with E-state index in [1.165, 1.54) is 0 Å². The Labute approximate surface area is 204 Å². The van der Waals surface area contributed by atoms with Crippen molar-refractivity contribution >= 4 is 29.2 Å². The highest BCUT2D eigenvalue weighted by atomic mass is 16.3. The number of allylic oxidation sites excluding steroid dienone is 1. The molecule has 1 aliphatic rings. The van der Waals surface area contributed by atoms with E-state index < -0.39 is 5.91 Å². The molecule has 3 aromatic carbocycles. The summed E-state index contributed by atoms with van der Waals surface area (Å²) < 4.78 is 0. The number of carbonyl (C=O) groups excluding carboxylic acids is 3. The normalized spacial score (nSPS) is 14.7. The molecule has 1 heterocycles. The van der Waals surface area contributed by atoms with Crippen LogP contribution in [0.2, 0.25) is 0 Å². The van der Waals surface area contributed by atoms with Crippen molar-refractivity contribution in [2.75, 3.05) is 11.9 Å². The number of hydrogen-bond donors (Lipinski definition) is 2. The fraction of sp³-hybridized carbons (Fsp3) is 0.138. The van der Waals surface area contributed by atoms with Gasteiger partial charge in [-0.3, -0.25) is 14.4 Å². The molecule has 176 valence electrons. The molecule has 1 fully saturated rings. The fourth-order valence-electron chi connectivity index (χ4n) is 4.01. The molecule has 6 nitrogen and oxygen atoms in total. The minimum absolute atomic E-state index is 0.0370. The quantitative estimate of drug-likeness (QED) is 0.316. The van der Waals surface area contributed by atoms with Gasteiger partial charge in [-0.1, -0.05) is 49.0 Å². The van der Waals surface area contributed by atoms with Crippen LogP contribution < -0.4 is 10.2 Å². The van der Waals surface area contributed by atoms with Crippen molar-refractivity contribution in [2.45, 2.75) is 19.9 Å². The van der Waals surface area contributed by atoms with Crippen LogP contribution in [-0.4, -0.2) is 29.6 Å². The summed E-state index contributed by atoms with van der Waals surface area (Å²) in [4.78, 5) is 39.2. The number of ketones is 2. The number of Topliss-reactive ketones (excluding diaryl/α,β-unsaturated/α-hetero) is 1. The van der Waals surface area contributed by atoms with Gasteiger partial charge in [0.15, 0.2) is 11.6 Å². The number of benzene rings is 3. The average Bonchev–Trinajstić information content (AvgIpc) is 2.83. The van der Waals surface area contributed by atoms with Crippen molar-refractivity contribution in [3.8, 4) is 5.75 Å². The molecule has 0 aromatic heterocycles. The molecule has 1 saturated heterocycles. The molecule has 0 unspecified atom stereocenters. The number of anilines is 1. The summed E-state index contributed by atoms with van der Waals surface area (Å²) in [6.45, 7) is 6.06. The Kier molecular flexibility index (Phi) is 6.64. The van der Waals surface area contributed by atoms with Crippen LogP contribution >= 0.6 is 0 Å². The summed E-state index contributed by atoms with van der Waals surface area (Å²) in [6, 6.07) is 19.7. The van der Waals surface area contributed by atoms with Gasteiger partial charge in [-0.25, -0.2) is 0 Å². The second-order valence-corrected chi connectivity index (χ2v) is 8.65. The summed E-state index contributed by atoms with van der Waals surface area (Å²) in [5.74, 6) is -0.945. The maximum absolute atomic E-state index is 12.9. The van der Waals surface area contributed by atoms with Crippen molar-refractivity contribution in [1.82, 2.24) is 5.32 Å². The number of amides is 1. The van der Waals surface area contributed by atoms with E-state index in [4.69, 9.17) is 0 Å². The molecule has 0 saturated carbocycles. The summed E-state index contributed by atoms with van der Waals surface area (Å²) in [6.07, 6.45) is 1.69. The number of nitrogens with one attached hydrogen (secondary N) is 1. The van der Waals surface area contributed by atoms with E-state index >= 15 is 0 Å². The molecule has 3 aromatic rings. The second-order valence-electron chi connectivity index (χ2n) is 8.65. The molecular formula is C29H26N2O4. The topological polar surface area (TPSA) is 86.7 Å². The summed E-state index contributed by atoms with van der Waals surface area (Å²) >= 11 is 0. The summed E-state index contributed by atoms with van der Waals surface area (Å²) in [7, 11) is 1.93. The van der Waals surface area contributed by atoms with Gasteiger partial charge in [-0.15, -0.1) is 0 Å². The lowest BCUT2D eigenvalue weighted by molar-refractivity contribution is -0.123. The number of phenols is 1. The minimum Gasteiger partial charge on any atom is -0.507 e. The Bertz CT molecular complexity index is 1330. The molecule has 1 amide bonds. The number of aromatic hydroxyl groups is 1. The molecule has 1 aliphatic heterocycles. The first-order chi connectivity index (χ1) is 16.7. The van der Waals surface area contributed by atoms with Gasteiger partial charge in [0.2, 0.25) is 0 Å². The van der Waals surface area contributed by atoms with Gasteiger partial charge in [-0.2, -0.15) is 0 Å². The van der Waals surface area contributed by atoms with Gasteiger partial charge < -0.3 is 15.3 Å². The molecule has 0 aliphatic carbocycles. The number of piperidine rings is 1. The standard InChI is InChI=1S/C29H26N2O4/c1-18-13-26(32)24(28(34)21-7-5-4-6-8-21)16-22(18)17-31(3)23-11-9-20(10-12-23)15-25-27(33)14-19(2)30-29(25)35/h4-13,15-16,32H,2,14,17H2,1,3H3,(H,30,35)/b25-15+. The van der Waals surface area contributed by atoms with E-state index in [1.807, 2.05) is 49.2 Å². The molecule has 0 radical (unpaired) electrons.